The maximum absolute atomic E-state index is 2.68. The van der Waals surface area contributed by atoms with E-state index in [-0.39, 0.29) is 0 Å². The second-order valence-corrected chi connectivity index (χ2v) is 4.53. The van der Waals surface area contributed by atoms with Crippen molar-refractivity contribution in [2.24, 2.45) is 5.92 Å². The van der Waals surface area contributed by atoms with E-state index in [1.54, 1.807) is 0 Å². The molecule has 1 saturated heterocycles. The Hall–Kier alpha value is -0.0400. The third kappa shape index (κ3) is 3.30. The van der Waals surface area contributed by atoms with Gasteiger partial charge in [-0.05, 0) is 38.3 Å². The molecule has 13 heavy (non-hydrogen) atoms. The summed E-state index contributed by atoms with van der Waals surface area (Å²) in [6.07, 6.45) is 7.08. The van der Waals surface area contributed by atoms with Gasteiger partial charge in [0, 0.05) is 6.04 Å². The summed E-state index contributed by atoms with van der Waals surface area (Å²) in [5, 5.41) is 0. The van der Waals surface area contributed by atoms with Crippen LogP contribution in [0, 0.1) is 5.92 Å². The van der Waals surface area contributed by atoms with Gasteiger partial charge >= 0.3 is 0 Å². The number of hydrogen-bond donors (Lipinski definition) is 0. The van der Waals surface area contributed by atoms with Crippen LogP contribution in [0.2, 0.25) is 0 Å². The molecule has 0 aliphatic carbocycles. The molecule has 0 spiro atoms. The van der Waals surface area contributed by atoms with Crippen LogP contribution >= 0.6 is 0 Å². The van der Waals surface area contributed by atoms with E-state index in [4.69, 9.17) is 0 Å². The summed E-state index contributed by atoms with van der Waals surface area (Å²) in [6, 6.07) is 0.897. The molecular weight excluding hydrogens is 158 g/mol. The summed E-state index contributed by atoms with van der Waals surface area (Å²) >= 11 is 0. The van der Waals surface area contributed by atoms with Crippen molar-refractivity contribution in [1.29, 1.82) is 0 Å². The maximum atomic E-state index is 2.68. The van der Waals surface area contributed by atoms with Gasteiger partial charge in [0.1, 0.15) is 0 Å². The standard InChI is InChI=1S/C12H25N/c1-4-11(3)10-12-8-6-7-9-13(12)5-2/h11-12H,4-10H2,1-3H3. The van der Waals surface area contributed by atoms with Crippen LogP contribution in [-0.4, -0.2) is 24.0 Å². The highest BCUT2D eigenvalue weighted by atomic mass is 15.2. The molecule has 0 aromatic heterocycles. The summed E-state index contributed by atoms with van der Waals surface area (Å²) in [4.78, 5) is 2.68. The number of hydrogen-bond acceptors (Lipinski definition) is 1. The largest absolute Gasteiger partial charge is 0.301 e. The summed E-state index contributed by atoms with van der Waals surface area (Å²) in [6.45, 7) is 9.60. The maximum Gasteiger partial charge on any atom is 0.00976 e. The molecule has 78 valence electrons. The van der Waals surface area contributed by atoms with Gasteiger partial charge in [-0.1, -0.05) is 33.6 Å². The van der Waals surface area contributed by atoms with E-state index in [9.17, 15) is 0 Å². The zero-order chi connectivity index (χ0) is 9.68. The molecule has 0 saturated carbocycles. The Bertz CT molecular complexity index is 133. The highest BCUT2D eigenvalue weighted by Crippen LogP contribution is 2.23. The zero-order valence-corrected chi connectivity index (χ0v) is 9.55. The normalized spacial score (nSPS) is 27.5. The van der Waals surface area contributed by atoms with Gasteiger partial charge in [0.15, 0.2) is 0 Å². The van der Waals surface area contributed by atoms with E-state index < -0.39 is 0 Å². The molecule has 1 fully saturated rings. The van der Waals surface area contributed by atoms with Crippen molar-refractivity contribution >= 4 is 0 Å². The van der Waals surface area contributed by atoms with E-state index in [2.05, 4.69) is 25.7 Å². The molecule has 0 amide bonds. The molecule has 0 radical (unpaired) electrons. The van der Waals surface area contributed by atoms with Crippen molar-refractivity contribution in [3.05, 3.63) is 0 Å². The van der Waals surface area contributed by atoms with Gasteiger partial charge in [0.05, 0.1) is 0 Å². The molecule has 1 rings (SSSR count). The molecule has 1 heteroatoms. The average molecular weight is 183 g/mol. The molecule has 1 heterocycles. The van der Waals surface area contributed by atoms with Gasteiger partial charge < -0.3 is 4.90 Å². The minimum atomic E-state index is 0.897. The summed E-state index contributed by atoms with van der Waals surface area (Å²) in [5.41, 5.74) is 0. The van der Waals surface area contributed by atoms with Crippen molar-refractivity contribution in [2.75, 3.05) is 13.1 Å². The van der Waals surface area contributed by atoms with Gasteiger partial charge in [-0.15, -0.1) is 0 Å². The van der Waals surface area contributed by atoms with Gasteiger partial charge in [0.25, 0.3) is 0 Å². The highest BCUT2D eigenvalue weighted by molar-refractivity contribution is 4.77. The Morgan fingerprint density at radius 3 is 2.69 bits per heavy atom. The molecular formula is C12H25N. The number of nitrogens with zero attached hydrogens (tertiary/aromatic N) is 1. The van der Waals surface area contributed by atoms with Crippen LogP contribution in [-0.2, 0) is 0 Å². The van der Waals surface area contributed by atoms with Gasteiger partial charge in [-0.3, -0.25) is 0 Å². The van der Waals surface area contributed by atoms with Crippen LogP contribution in [0.25, 0.3) is 0 Å². The molecule has 1 aliphatic rings. The zero-order valence-electron chi connectivity index (χ0n) is 9.55. The molecule has 0 bridgehead atoms. The summed E-state index contributed by atoms with van der Waals surface area (Å²) in [7, 11) is 0. The van der Waals surface area contributed by atoms with Crippen LogP contribution < -0.4 is 0 Å². The smallest absolute Gasteiger partial charge is 0.00976 e. The minimum Gasteiger partial charge on any atom is -0.301 e. The highest BCUT2D eigenvalue weighted by Gasteiger charge is 2.21. The predicted molar refractivity (Wildman–Crippen MR) is 59.0 cm³/mol. The van der Waals surface area contributed by atoms with E-state index in [0.717, 1.165) is 12.0 Å². The lowest BCUT2D eigenvalue weighted by Crippen LogP contribution is -2.40. The predicted octanol–water partition coefficient (Wildman–Crippen LogP) is 3.30. The van der Waals surface area contributed by atoms with Gasteiger partial charge in [-0.2, -0.15) is 0 Å². The lowest BCUT2D eigenvalue weighted by molar-refractivity contribution is 0.133. The summed E-state index contributed by atoms with van der Waals surface area (Å²) in [5.74, 6) is 0.914. The SMILES string of the molecule is CCC(C)CC1CCCCN1CC. The third-order valence-electron chi connectivity index (χ3n) is 3.53. The van der Waals surface area contributed by atoms with Crippen molar-refractivity contribution in [1.82, 2.24) is 4.90 Å². The fraction of sp³-hybridized carbons (Fsp3) is 1.00. The van der Waals surface area contributed by atoms with Crippen molar-refractivity contribution in [2.45, 2.75) is 58.9 Å². The van der Waals surface area contributed by atoms with Crippen molar-refractivity contribution in [3.8, 4) is 0 Å². The third-order valence-corrected chi connectivity index (χ3v) is 3.53. The second kappa shape index (κ2) is 5.64. The van der Waals surface area contributed by atoms with Crippen LogP contribution in [0.15, 0.2) is 0 Å². The molecule has 0 aromatic rings. The minimum absolute atomic E-state index is 0.897. The molecule has 0 aromatic carbocycles. The van der Waals surface area contributed by atoms with Crippen molar-refractivity contribution in [3.63, 3.8) is 0 Å². The van der Waals surface area contributed by atoms with Crippen LogP contribution in [0.3, 0.4) is 0 Å². The molecule has 1 aliphatic heterocycles. The first-order valence-corrected chi connectivity index (χ1v) is 6.02. The Balaban J connectivity index is 2.35. The van der Waals surface area contributed by atoms with Gasteiger partial charge in [-0.25, -0.2) is 0 Å². The first kappa shape index (κ1) is 11.0. The quantitative estimate of drug-likeness (QED) is 0.646. The molecule has 0 N–H and O–H groups in total. The monoisotopic (exact) mass is 183 g/mol. The topological polar surface area (TPSA) is 3.24 Å². The van der Waals surface area contributed by atoms with E-state index in [1.807, 2.05) is 0 Å². The Morgan fingerprint density at radius 2 is 2.08 bits per heavy atom. The fourth-order valence-corrected chi connectivity index (χ4v) is 2.37. The van der Waals surface area contributed by atoms with Crippen LogP contribution in [0.1, 0.15) is 52.9 Å². The van der Waals surface area contributed by atoms with Crippen LogP contribution in [0.4, 0.5) is 0 Å². The summed E-state index contributed by atoms with van der Waals surface area (Å²) < 4.78 is 0. The average Bonchev–Trinajstić information content (AvgIpc) is 2.18. The second-order valence-electron chi connectivity index (χ2n) is 4.53. The van der Waals surface area contributed by atoms with Crippen molar-refractivity contribution < 1.29 is 0 Å². The number of likely N-dealkylation sites (tertiary alicyclic amines) is 1. The van der Waals surface area contributed by atoms with E-state index in [0.29, 0.717) is 0 Å². The van der Waals surface area contributed by atoms with E-state index in [1.165, 1.54) is 45.2 Å². The van der Waals surface area contributed by atoms with Crippen LogP contribution in [0.5, 0.6) is 0 Å². The fourth-order valence-electron chi connectivity index (χ4n) is 2.37. The lowest BCUT2D eigenvalue weighted by atomic mass is 9.92. The Labute approximate surface area is 83.5 Å². The molecule has 2 unspecified atom stereocenters. The van der Waals surface area contributed by atoms with Gasteiger partial charge in [0.2, 0.25) is 0 Å². The Morgan fingerprint density at radius 1 is 1.31 bits per heavy atom. The Kier molecular flexibility index (Phi) is 4.79. The lowest BCUT2D eigenvalue weighted by Gasteiger charge is -2.36. The number of rotatable bonds is 4. The van der Waals surface area contributed by atoms with E-state index >= 15 is 0 Å². The molecule has 1 nitrogen and oxygen atoms in total. The first-order valence-electron chi connectivity index (χ1n) is 6.02. The first-order chi connectivity index (χ1) is 6.27. The molecule has 2 atom stereocenters. The number of piperidine rings is 1.